The molecule has 0 unspecified atom stereocenters. The van der Waals surface area contributed by atoms with Gasteiger partial charge in [0, 0.05) is 22.3 Å². The lowest BCUT2D eigenvalue weighted by molar-refractivity contribution is 0.103. The summed E-state index contributed by atoms with van der Waals surface area (Å²) in [6.07, 6.45) is 7.99. The van der Waals surface area contributed by atoms with Crippen LogP contribution >= 0.6 is 0 Å². The van der Waals surface area contributed by atoms with Gasteiger partial charge in [-0.1, -0.05) is 121 Å². The molecule has 11 rings (SSSR count). The quantitative estimate of drug-likeness (QED) is 0.280. The van der Waals surface area contributed by atoms with Crippen molar-refractivity contribution < 1.29 is 9.59 Å². The maximum atomic E-state index is 12.8. The molecular formula is C30H20O2. The van der Waals surface area contributed by atoms with Crippen LogP contribution in [0.2, 0.25) is 0 Å². The fourth-order valence-electron chi connectivity index (χ4n) is 3.70. The Hall–Kier alpha value is -4.30. The minimum absolute atomic E-state index is 0.00838. The van der Waals surface area contributed by atoms with Crippen molar-refractivity contribution in [1.82, 2.24) is 0 Å². The SMILES string of the molecule is O=C1c2ccc(cc2)/C=C\c2ccc(cc2)C(=O)c2ccc(cc2)/C=C\c2ccc1cc2. The van der Waals surface area contributed by atoms with Crippen molar-refractivity contribution in [3.05, 3.63) is 142 Å². The third-order valence-electron chi connectivity index (χ3n) is 5.63. The largest absolute Gasteiger partial charge is 0.289 e. The van der Waals surface area contributed by atoms with E-state index in [4.69, 9.17) is 0 Å². The maximum Gasteiger partial charge on any atom is 0.193 e. The Morgan fingerprint density at radius 3 is 0.656 bits per heavy atom. The predicted molar refractivity (Wildman–Crippen MR) is 130 cm³/mol. The zero-order chi connectivity index (χ0) is 21.9. The van der Waals surface area contributed by atoms with Gasteiger partial charge < -0.3 is 0 Å². The standard InChI is InChI=1S/C30H20O2/c31-29-25-13-5-21(6-14-25)1-2-22-7-15-26(16-8-22)30(32)28-19-11-24(12-20-28)4-3-23-9-17-27(29)18-10-23/h1-20H/b2-1-,4-3-. The Morgan fingerprint density at radius 1 is 0.281 bits per heavy atom. The van der Waals surface area contributed by atoms with Crippen molar-refractivity contribution in [2.24, 2.45) is 0 Å². The summed E-state index contributed by atoms with van der Waals surface area (Å²) in [7, 11) is 0. The number of carbonyl (C=O) groups excluding carboxylic acids is 2. The van der Waals surface area contributed by atoms with E-state index in [9.17, 15) is 9.59 Å². The molecule has 0 aliphatic heterocycles. The number of benzene rings is 4. The lowest BCUT2D eigenvalue weighted by Gasteiger charge is -2.05. The van der Waals surface area contributed by atoms with Crippen LogP contribution in [0.5, 0.6) is 0 Å². The monoisotopic (exact) mass is 412 g/mol. The van der Waals surface area contributed by atoms with Crippen molar-refractivity contribution in [2.45, 2.75) is 0 Å². The molecule has 0 aromatic heterocycles. The molecule has 32 heavy (non-hydrogen) atoms. The first-order chi connectivity index (χ1) is 15.7. The molecule has 0 atom stereocenters. The molecule has 0 radical (unpaired) electrons. The van der Waals surface area contributed by atoms with Gasteiger partial charge in [-0.15, -0.1) is 0 Å². The highest BCUT2D eigenvalue weighted by molar-refractivity contribution is 6.10. The Balaban J connectivity index is 1.56. The Morgan fingerprint density at radius 2 is 0.469 bits per heavy atom. The lowest BCUT2D eigenvalue weighted by Crippen LogP contribution is -2.01. The average molecular weight is 412 g/mol. The molecule has 0 N–H and O–H groups in total. The van der Waals surface area contributed by atoms with Crippen LogP contribution in [0.3, 0.4) is 0 Å². The molecule has 152 valence electrons. The summed E-state index contributed by atoms with van der Waals surface area (Å²) in [4.78, 5) is 25.7. The summed E-state index contributed by atoms with van der Waals surface area (Å²) < 4.78 is 0. The molecule has 8 bridgehead atoms. The summed E-state index contributed by atoms with van der Waals surface area (Å²) in [5, 5.41) is 0. The number of rotatable bonds is 0. The van der Waals surface area contributed by atoms with Gasteiger partial charge in [0.2, 0.25) is 0 Å². The second-order valence-electron chi connectivity index (χ2n) is 7.81. The topological polar surface area (TPSA) is 34.1 Å². The van der Waals surface area contributed by atoms with Crippen molar-refractivity contribution in [1.29, 1.82) is 0 Å². The van der Waals surface area contributed by atoms with E-state index < -0.39 is 0 Å². The van der Waals surface area contributed by atoms with E-state index in [1.54, 1.807) is 0 Å². The van der Waals surface area contributed by atoms with Crippen LogP contribution in [0, 0.1) is 0 Å². The average Bonchev–Trinajstić information content (AvgIpc) is 2.86. The van der Waals surface area contributed by atoms with Crippen LogP contribution in [-0.2, 0) is 0 Å². The van der Waals surface area contributed by atoms with Crippen molar-refractivity contribution >= 4 is 35.9 Å². The first-order valence-corrected chi connectivity index (χ1v) is 10.5. The van der Waals surface area contributed by atoms with Crippen LogP contribution in [0.15, 0.2) is 97.1 Å². The second-order valence-corrected chi connectivity index (χ2v) is 7.81. The normalized spacial score (nSPS) is 14.9. The van der Waals surface area contributed by atoms with Crippen molar-refractivity contribution in [3.8, 4) is 0 Å². The Kier molecular flexibility index (Phi) is 5.19. The van der Waals surface area contributed by atoms with E-state index in [0.29, 0.717) is 22.3 Å². The predicted octanol–water partition coefficient (Wildman–Crippen LogP) is 6.80. The molecule has 0 spiro atoms. The highest BCUT2D eigenvalue weighted by Gasteiger charge is 2.10. The number of carbonyl (C=O) groups is 2. The van der Waals surface area contributed by atoms with Gasteiger partial charge in [-0.25, -0.2) is 0 Å². The van der Waals surface area contributed by atoms with Crippen LogP contribution in [0.1, 0.15) is 54.1 Å². The number of hydrogen-bond acceptors (Lipinski definition) is 2. The second kappa shape index (κ2) is 8.44. The smallest absolute Gasteiger partial charge is 0.193 e. The highest BCUT2D eigenvalue weighted by Crippen LogP contribution is 2.18. The van der Waals surface area contributed by atoms with Gasteiger partial charge in [0.05, 0.1) is 0 Å². The highest BCUT2D eigenvalue weighted by atomic mass is 16.1. The molecule has 4 aromatic rings. The number of ketones is 2. The molecule has 7 aliphatic rings. The summed E-state index contributed by atoms with van der Waals surface area (Å²) >= 11 is 0. The van der Waals surface area contributed by atoms with Gasteiger partial charge in [0.15, 0.2) is 11.6 Å². The fraction of sp³-hybridized carbons (Fsp3) is 0. The van der Waals surface area contributed by atoms with E-state index in [-0.39, 0.29) is 11.6 Å². The zero-order valence-corrected chi connectivity index (χ0v) is 17.4. The van der Waals surface area contributed by atoms with Crippen molar-refractivity contribution in [2.75, 3.05) is 0 Å². The minimum atomic E-state index is 0.00838. The van der Waals surface area contributed by atoms with Crippen LogP contribution in [0.25, 0.3) is 24.3 Å². The van der Waals surface area contributed by atoms with Crippen LogP contribution in [0.4, 0.5) is 0 Å². The van der Waals surface area contributed by atoms with Gasteiger partial charge in [-0.2, -0.15) is 0 Å². The summed E-state index contributed by atoms with van der Waals surface area (Å²) in [5.74, 6) is 0.0168. The molecule has 4 aromatic carbocycles. The van der Waals surface area contributed by atoms with Gasteiger partial charge in [-0.05, 0) is 22.3 Å². The summed E-state index contributed by atoms with van der Waals surface area (Å²) in [6.45, 7) is 0. The van der Waals surface area contributed by atoms with Gasteiger partial charge in [0.1, 0.15) is 0 Å². The first-order valence-electron chi connectivity index (χ1n) is 10.5. The van der Waals surface area contributed by atoms with Gasteiger partial charge in [-0.3, -0.25) is 9.59 Å². The Bertz CT molecular complexity index is 1120. The maximum absolute atomic E-state index is 12.8. The molecule has 0 saturated heterocycles. The molecule has 7 aliphatic carbocycles. The third-order valence-corrected chi connectivity index (χ3v) is 5.63. The molecule has 2 heteroatoms. The molecule has 0 heterocycles. The van der Waals surface area contributed by atoms with Crippen LogP contribution < -0.4 is 0 Å². The molecule has 2 nitrogen and oxygen atoms in total. The van der Waals surface area contributed by atoms with E-state index in [2.05, 4.69) is 0 Å². The molecule has 0 amide bonds. The molecule has 0 fully saturated rings. The van der Waals surface area contributed by atoms with E-state index in [1.807, 2.05) is 121 Å². The summed E-state index contributed by atoms with van der Waals surface area (Å²) in [5.41, 5.74) is 6.67. The van der Waals surface area contributed by atoms with Crippen LogP contribution in [-0.4, -0.2) is 11.6 Å². The molecule has 0 saturated carbocycles. The lowest BCUT2D eigenvalue weighted by atomic mass is 9.99. The van der Waals surface area contributed by atoms with Crippen molar-refractivity contribution in [3.63, 3.8) is 0 Å². The van der Waals surface area contributed by atoms with E-state index >= 15 is 0 Å². The zero-order valence-electron chi connectivity index (χ0n) is 17.4. The summed E-state index contributed by atoms with van der Waals surface area (Å²) in [6, 6.07) is 30.3. The van der Waals surface area contributed by atoms with Gasteiger partial charge >= 0.3 is 0 Å². The van der Waals surface area contributed by atoms with E-state index in [1.165, 1.54) is 0 Å². The first kappa shape index (κ1) is 19.7. The third kappa shape index (κ3) is 4.12. The fourth-order valence-corrected chi connectivity index (χ4v) is 3.70. The van der Waals surface area contributed by atoms with Gasteiger partial charge in [0.25, 0.3) is 0 Å². The Labute approximate surface area is 187 Å². The number of hydrogen-bond donors (Lipinski definition) is 0. The van der Waals surface area contributed by atoms with E-state index in [0.717, 1.165) is 22.3 Å². The minimum Gasteiger partial charge on any atom is -0.289 e. The molecular weight excluding hydrogens is 392 g/mol.